The molecule has 4 heteroatoms. The molecule has 0 bridgehead atoms. The molecule has 0 aliphatic rings. The maximum Gasteiger partial charge on any atom is 0.176 e. The summed E-state index contributed by atoms with van der Waals surface area (Å²) in [6, 6.07) is 13.6. The van der Waals surface area contributed by atoms with Crippen molar-refractivity contribution >= 4 is 21.7 Å². The van der Waals surface area contributed by atoms with E-state index < -0.39 is 0 Å². The van der Waals surface area contributed by atoms with E-state index >= 15 is 0 Å². The van der Waals surface area contributed by atoms with Crippen LogP contribution >= 0.6 is 15.9 Å². The van der Waals surface area contributed by atoms with Gasteiger partial charge in [-0.05, 0) is 42.9 Å². The molecule has 2 rings (SSSR count). The van der Waals surface area contributed by atoms with E-state index in [0.717, 1.165) is 10.0 Å². The summed E-state index contributed by atoms with van der Waals surface area (Å²) in [4.78, 5) is 14.0. The van der Waals surface area contributed by atoms with Crippen LogP contribution in [0.4, 0.5) is 4.39 Å². The lowest BCUT2D eigenvalue weighted by Crippen LogP contribution is -2.25. The van der Waals surface area contributed by atoms with E-state index in [9.17, 15) is 9.18 Å². The van der Waals surface area contributed by atoms with Crippen molar-refractivity contribution in [2.75, 3.05) is 13.6 Å². The van der Waals surface area contributed by atoms with E-state index in [1.807, 2.05) is 36.2 Å². The Kier molecular flexibility index (Phi) is 5.04. The molecule has 0 amide bonds. The number of benzene rings is 2. The lowest BCUT2D eigenvalue weighted by Gasteiger charge is -2.16. The predicted molar refractivity (Wildman–Crippen MR) is 81.2 cm³/mol. The maximum atomic E-state index is 12.8. The van der Waals surface area contributed by atoms with E-state index in [4.69, 9.17) is 0 Å². The second-order valence-electron chi connectivity index (χ2n) is 4.69. The summed E-state index contributed by atoms with van der Waals surface area (Å²) in [5.41, 5.74) is 1.66. The minimum absolute atomic E-state index is 0.0143. The number of halogens is 2. The molecule has 0 unspecified atom stereocenters. The van der Waals surface area contributed by atoms with Gasteiger partial charge in [0.1, 0.15) is 5.82 Å². The average molecular weight is 336 g/mol. The lowest BCUT2D eigenvalue weighted by molar-refractivity contribution is 0.0943. The third-order valence-electron chi connectivity index (χ3n) is 2.98. The Morgan fingerprint density at radius 3 is 2.45 bits per heavy atom. The number of Topliss-reactive ketones (excluding diaryl/α,β-unsaturated/α-hetero) is 1. The van der Waals surface area contributed by atoms with Gasteiger partial charge in [-0.3, -0.25) is 9.69 Å². The van der Waals surface area contributed by atoms with Crippen LogP contribution in [0.2, 0.25) is 0 Å². The standard InChI is InChI=1S/C16H15BrFNO/c1-19(10-13-4-2-3-5-15(13)17)11-16(20)12-6-8-14(18)9-7-12/h2-9H,10-11H2,1H3. The Morgan fingerprint density at radius 2 is 1.80 bits per heavy atom. The first kappa shape index (κ1) is 14.9. The number of carbonyl (C=O) groups excluding carboxylic acids is 1. The van der Waals surface area contributed by atoms with Crippen LogP contribution in [-0.2, 0) is 6.54 Å². The van der Waals surface area contributed by atoms with Gasteiger partial charge in [-0.2, -0.15) is 0 Å². The molecular weight excluding hydrogens is 321 g/mol. The van der Waals surface area contributed by atoms with Crippen molar-refractivity contribution in [3.63, 3.8) is 0 Å². The third kappa shape index (κ3) is 3.99. The SMILES string of the molecule is CN(CC(=O)c1ccc(F)cc1)Cc1ccccc1Br. The van der Waals surface area contributed by atoms with Crippen molar-refractivity contribution in [1.29, 1.82) is 0 Å². The fourth-order valence-corrected chi connectivity index (χ4v) is 2.36. The molecular formula is C16H15BrFNO. The van der Waals surface area contributed by atoms with E-state index in [1.165, 1.54) is 24.3 Å². The Hall–Kier alpha value is -1.52. The average Bonchev–Trinajstić information content (AvgIpc) is 2.42. The van der Waals surface area contributed by atoms with Crippen LogP contribution in [0.3, 0.4) is 0 Å². The van der Waals surface area contributed by atoms with Crippen molar-refractivity contribution in [2.24, 2.45) is 0 Å². The number of ketones is 1. The molecule has 2 nitrogen and oxygen atoms in total. The van der Waals surface area contributed by atoms with Gasteiger partial charge in [0.05, 0.1) is 6.54 Å². The number of nitrogens with zero attached hydrogens (tertiary/aromatic N) is 1. The van der Waals surface area contributed by atoms with Gasteiger partial charge < -0.3 is 0 Å². The predicted octanol–water partition coefficient (Wildman–Crippen LogP) is 3.90. The van der Waals surface area contributed by atoms with Crippen LogP contribution in [0.25, 0.3) is 0 Å². The normalized spacial score (nSPS) is 10.8. The molecule has 2 aromatic rings. The summed E-state index contributed by atoms with van der Waals surface area (Å²) in [7, 11) is 1.89. The van der Waals surface area contributed by atoms with Gasteiger partial charge in [-0.15, -0.1) is 0 Å². The molecule has 0 N–H and O–H groups in total. The van der Waals surface area contributed by atoms with Crippen molar-refractivity contribution < 1.29 is 9.18 Å². The van der Waals surface area contributed by atoms with E-state index in [0.29, 0.717) is 18.7 Å². The summed E-state index contributed by atoms with van der Waals surface area (Å²) in [6.45, 7) is 0.974. The van der Waals surface area contributed by atoms with Gasteiger partial charge >= 0.3 is 0 Å². The molecule has 104 valence electrons. The smallest absolute Gasteiger partial charge is 0.176 e. The molecule has 2 aromatic carbocycles. The Labute approximate surface area is 126 Å². The Morgan fingerprint density at radius 1 is 1.15 bits per heavy atom. The van der Waals surface area contributed by atoms with Crippen LogP contribution in [0.15, 0.2) is 53.0 Å². The van der Waals surface area contributed by atoms with Gasteiger partial charge in [-0.1, -0.05) is 34.1 Å². The number of hydrogen-bond acceptors (Lipinski definition) is 2. The largest absolute Gasteiger partial charge is 0.295 e. The minimum Gasteiger partial charge on any atom is -0.295 e. The van der Waals surface area contributed by atoms with Crippen LogP contribution in [0.5, 0.6) is 0 Å². The van der Waals surface area contributed by atoms with E-state index in [2.05, 4.69) is 15.9 Å². The number of carbonyl (C=O) groups is 1. The zero-order chi connectivity index (χ0) is 14.5. The van der Waals surface area contributed by atoms with Crippen LogP contribution in [0, 0.1) is 5.82 Å². The third-order valence-corrected chi connectivity index (χ3v) is 3.75. The van der Waals surface area contributed by atoms with Crippen molar-refractivity contribution in [3.8, 4) is 0 Å². The second-order valence-corrected chi connectivity index (χ2v) is 5.55. The second kappa shape index (κ2) is 6.77. The highest BCUT2D eigenvalue weighted by atomic mass is 79.9. The highest BCUT2D eigenvalue weighted by Gasteiger charge is 2.10. The molecule has 0 atom stereocenters. The van der Waals surface area contributed by atoms with Crippen molar-refractivity contribution in [2.45, 2.75) is 6.54 Å². The Balaban J connectivity index is 1.98. The van der Waals surface area contributed by atoms with Gasteiger partial charge in [-0.25, -0.2) is 4.39 Å². The maximum absolute atomic E-state index is 12.8. The minimum atomic E-state index is -0.330. The summed E-state index contributed by atoms with van der Waals surface area (Å²) in [6.07, 6.45) is 0. The molecule has 0 aromatic heterocycles. The summed E-state index contributed by atoms with van der Waals surface area (Å²) in [5.74, 6) is -0.345. The van der Waals surface area contributed by atoms with E-state index in [1.54, 1.807) is 0 Å². The van der Waals surface area contributed by atoms with Crippen molar-refractivity contribution in [3.05, 3.63) is 69.9 Å². The zero-order valence-corrected chi connectivity index (χ0v) is 12.7. The van der Waals surface area contributed by atoms with Crippen molar-refractivity contribution in [1.82, 2.24) is 4.90 Å². The monoisotopic (exact) mass is 335 g/mol. The molecule has 0 heterocycles. The Bertz CT molecular complexity index is 598. The quantitative estimate of drug-likeness (QED) is 0.772. The molecule has 20 heavy (non-hydrogen) atoms. The highest BCUT2D eigenvalue weighted by molar-refractivity contribution is 9.10. The van der Waals surface area contributed by atoms with Gasteiger partial charge in [0, 0.05) is 16.6 Å². The van der Waals surface area contributed by atoms with Gasteiger partial charge in [0.2, 0.25) is 0 Å². The first-order valence-electron chi connectivity index (χ1n) is 6.27. The number of likely N-dealkylation sites (N-methyl/N-ethyl adjacent to an activating group) is 1. The highest BCUT2D eigenvalue weighted by Crippen LogP contribution is 2.17. The molecule has 0 aliphatic heterocycles. The summed E-state index contributed by atoms with van der Waals surface area (Å²) < 4.78 is 13.8. The molecule has 0 fully saturated rings. The number of hydrogen-bond donors (Lipinski definition) is 0. The molecule has 0 saturated heterocycles. The van der Waals surface area contributed by atoms with Crippen LogP contribution < -0.4 is 0 Å². The summed E-state index contributed by atoms with van der Waals surface area (Å²) >= 11 is 3.49. The van der Waals surface area contributed by atoms with Gasteiger partial charge in [0.15, 0.2) is 5.78 Å². The first-order valence-corrected chi connectivity index (χ1v) is 7.06. The topological polar surface area (TPSA) is 20.3 Å². The summed E-state index contributed by atoms with van der Waals surface area (Å²) in [5, 5.41) is 0. The fourth-order valence-electron chi connectivity index (χ4n) is 1.95. The zero-order valence-electron chi connectivity index (χ0n) is 11.1. The van der Waals surface area contributed by atoms with Crippen LogP contribution in [-0.4, -0.2) is 24.3 Å². The first-order chi connectivity index (χ1) is 9.56. The number of rotatable bonds is 5. The fraction of sp³-hybridized carbons (Fsp3) is 0.188. The van der Waals surface area contributed by atoms with E-state index in [-0.39, 0.29) is 11.6 Å². The van der Waals surface area contributed by atoms with Gasteiger partial charge in [0.25, 0.3) is 0 Å². The molecule has 0 spiro atoms. The lowest BCUT2D eigenvalue weighted by atomic mass is 10.1. The molecule has 0 radical (unpaired) electrons. The van der Waals surface area contributed by atoms with Crippen LogP contribution in [0.1, 0.15) is 15.9 Å². The molecule has 0 saturated carbocycles. The molecule has 0 aliphatic carbocycles.